The highest BCUT2D eigenvalue weighted by Gasteiger charge is 2.47. The molecule has 0 aromatic heterocycles. The summed E-state index contributed by atoms with van der Waals surface area (Å²) in [5, 5.41) is 3.18. The van der Waals surface area contributed by atoms with E-state index in [1.807, 2.05) is 25.1 Å². The Bertz CT molecular complexity index is 490. The maximum atomic E-state index is 12.7. The molecule has 1 aromatic carbocycles. The van der Waals surface area contributed by atoms with Crippen LogP contribution in [0.2, 0.25) is 0 Å². The van der Waals surface area contributed by atoms with Crippen molar-refractivity contribution >= 4 is 11.8 Å². The monoisotopic (exact) mass is 261 g/mol. The van der Waals surface area contributed by atoms with Gasteiger partial charge in [-0.05, 0) is 38.9 Å². The Hall–Kier alpha value is -1.68. The van der Waals surface area contributed by atoms with Crippen LogP contribution in [0.15, 0.2) is 24.3 Å². The third kappa shape index (κ3) is 2.54. The molecule has 1 saturated heterocycles. The fourth-order valence-corrected chi connectivity index (χ4v) is 2.64. The van der Waals surface area contributed by atoms with E-state index in [9.17, 15) is 9.59 Å². The van der Waals surface area contributed by atoms with Gasteiger partial charge in [-0.3, -0.25) is 9.59 Å². The third-order valence-corrected chi connectivity index (χ3v) is 3.75. The van der Waals surface area contributed by atoms with Crippen LogP contribution in [0, 0.1) is 12.3 Å². The summed E-state index contributed by atoms with van der Waals surface area (Å²) in [4.78, 5) is 24.9. The minimum atomic E-state index is -1.02. The van der Waals surface area contributed by atoms with E-state index in [-0.39, 0.29) is 5.78 Å². The maximum Gasteiger partial charge on any atom is 0.319 e. The smallest absolute Gasteiger partial charge is 0.319 e. The highest BCUT2D eigenvalue weighted by Crippen LogP contribution is 2.34. The van der Waals surface area contributed by atoms with E-state index in [4.69, 9.17) is 4.74 Å². The number of carbonyl (C=O) groups is 2. The molecule has 19 heavy (non-hydrogen) atoms. The molecule has 1 aromatic rings. The van der Waals surface area contributed by atoms with Gasteiger partial charge >= 0.3 is 5.97 Å². The standard InChI is InChI=1S/C15H19NO3/c1-11-4-3-5-12(10-11)13(17)15(14(18)19-2)6-8-16-9-7-15/h3-5,10,16H,6-9H2,1-2H3. The number of methoxy groups -OCH3 is 1. The Morgan fingerprint density at radius 2 is 1.95 bits per heavy atom. The van der Waals surface area contributed by atoms with Crippen molar-refractivity contribution < 1.29 is 14.3 Å². The average molecular weight is 261 g/mol. The van der Waals surface area contributed by atoms with E-state index in [1.165, 1.54) is 7.11 Å². The van der Waals surface area contributed by atoms with E-state index in [2.05, 4.69) is 5.32 Å². The summed E-state index contributed by atoms with van der Waals surface area (Å²) >= 11 is 0. The fraction of sp³-hybridized carbons (Fsp3) is 0.467. The van der Waals surface area contributed by atoms with Gasteiger partial charge in [0.05, 0.1) is 7.11 Å². The van der Waals surface area contributed by atoms with Gasteiger partial charge in [0.25, 0.3) is 0 Å². The molecule has 1 aliphatic rings. The molecule has 4 nitrogen and oxygen atoms in total. The SMILES string of the molecule is COC(=O)C1(C(=O)c2cccc(C)c2)CCNCC1. The van der Waals surface area contributed by atoms with E-state index >= 15 is 0 Å². The Morgan fingerprint density at radius 1 is 1.26 bits per heavy atom. The number of piperidine rings is 1. The molecule has 0 bridgehead atoms. The molecule has 4 heteroatoms. The van der Waals surface area contributed by atoms with Crippen molar-refractivity contribution in [1.29, 1.82) is 0 Å². The number of hydrogen-bond donors (Lipinski definition) is 1. The minimum absolute atomic E-state index is 0.121. The lowest BCUT2D eigenvalue weighted by atomic mass is 9.73. The number of Topliss-reactive ketones (excluding diaryl/α,β-unsaturated/α-hetero) is 1. The van der Waals surface area contributed by atoms with Gasteiger partial charge in [-0.15, -0.1) is 0 Å². The van der Waals surface area contributed by atoms with Crippen LogP contribution < -0.4 is 5.32 Å². The second kappa shape index (κ2) is 5.53. The molecule has 0 aliphatic carbocycles. The normalized spacial score (nSPS) is 17.8. The number of aryl methyl sites for hydroxylation is 1. The van der Waals surface area contributed by atoms with Crippen LogP contribution in [-0.4, -0.2) is 32.0 Å². The van der Waals surface area contributed by atoms with E-state index < -0.39 is 11.4 Å². The van der Waals surface area contributed by atoms with Crippen LogP contribution in [0.4, 0.5) is 0 Å². The second-order valence-corrected chi connectivity index (χ2v) is 5.02. The van der Waals surface area contributed by atoms with Gasteiger partial charge in [-0.25, -0.2) is 0 Å². The lowest BCUT2D eigenvalue weighted by molar-refractivity contribution is -0.151. The third-order valence-electron chi connectivity index (χ3n) is 3.75. The van der Waals surface area contributed by atoms with Crippen LogP contribution >= 0.6 is 0 Å². The van der Waals surface area contributed by atoms with Gasteiger partial charge in [0.1, 0.15) is 5.41 Å². The van der Waals surface area contributed by atoms with Gasteiger partial charge < -0.3 is 10.1 Å². The maximum absolute atomic E-state index is 12.7. The van der Waals surface area contributed by atoms with Crippen LogP contribution in [0.25, 0.3) is 0 Å². The molecule has 0 radical (unpaired) electrons. The van der Waals surface area contributed by atoms with Crippen molar-refractivity contribution in [1.82, 2.24) is 5.32 Å². The Morgan fingerprint density at radius 3 is 2.53 bits per heavy atom. The molecule has 1 heterocycles. The first-order valence-corrected chi connectivity index (χ1v) is 6.51. The molecule has 0 spiro atoms. The second-order valence-electron chi connectivity index (χ2n) is 5.02. The van der Waals surface area contributed by atoms with Crippen molar-refractivity contribution in [3.8, 4) is 0 Å². The van der Waals surface area contributed by atoms with Crippen molar-refractivity contribution in [3.05, 3.63) is 35.4 Å². The summed E-state index contributed by atoms with van der Waals surface area (Å²) < 4.78 is 4.88. The van der Waals surface area contributed by atoms with Gasteiger partial charge in [0.15, 0.2) is 5.78 Å². The van der Waals surface area contributed by atoms with Gasteiger partial charge in [0, 0.05) is 5.56 Å². The van der Waals surface area contributed by atoms with E-state index in [0.717, 1.165) is 5.56 Å². The van der Waals surface area contributed by atoms with Crippen LogP contribution in [0.3, 0.4) is 0 Å². The van der Waals surface area contributed by atoms with Crippen molar-refractivity contribution in [2.75, 3.05) is 20.2 Å². The zero-order valence-corrected chi connectivity index (χ0v) is 11.4. The number of rotatable bonds is 3. The predicted octanol–water partition coefficient (Wildman–Crippen LogP) is 1.72. The zero-order valence-electron chi connectivity index (χ0n) is 11.4. The summed E-state index contributed by atoms with van der Waals surface area (Å²) in [6, 6.07) is 7.37. The Balaban J connectivity index is 2.38. The molecule has 1 aliphatic heterocycles. The summed E-state index contributed by atoms with van der Waals surface area (Å²) in [6.07, 6.45) is 0.985. The summed E-state index contributed by atoms with van der Waals surface area (Å²) in [7, 11) is 1.34. The number of ketones is 1. The summed E-state index contributed by atoms with van der Waals surface area (Å²) in [5.74, 6) is -0.537. The van der Waals surface area contributed by atoms with Gasteiger partial charge in [-0.2, -0.15) is 0 Å². The van der Waals surface area contributed by atoms with Crippen molar-refractivity contribution in [3.63, 3.8) is 0 Å². The van der Waals surface area contributed by atoms with E-state index in [1.54, 1.807) is 6.07 Å². The van der Waals surface area contributed by atoms with Gasteiger partial charge in [0.2, 0.25) is 0 Å². The molecular formula is C15H19NO3. The minimum Gasteiger partial charge on any atom is -0.468 e. The average Bonchev–Trinajstić information content (AvgIpc) is 2.46. The summed E-state index contributed by atoms with van der Waals surface area (Å²) in [6.45, 7) is 3.25. The molecular weight excluding hydrogens is 242 g/mol. The van der Waals surface area contributed by atoms with E-state index in [0.29, 0.717) is 31.5 Å². The molecule has 102 valence electrons. The number of esters is 1. The number of ether oxygens (including phenoxy) is 1. The summed E-state index contributed by atoms with van der Waals surface area (Å²) in [5.41, 5.74) is 0.584. The molecule has 0 saturated carbocycles. The topological polar surface area (TPSA) is 55.4 Å². The predicted molar refractivity (Wildman–Crippen MR) is 72.1 cm³/mol. The highest BCUT2D eigenvalue weighted by molar-refractivity contribution is 6.12. The molecule has 0 unspecified atom stereocenters. The first-order valence-electron chi connectivity index (χ1n) is 6.51. The Labute approximate surface area is 113 Å². The highest BCUT2D eigenvalue weighted by atomic mass is 16.5. The first kappa shape index (κ1) is 13.7. The molecule has 1 N–H and O–H groups in total. The number of nitrogens with one attached hydrogen (secondary N) is 1. The molecule has 0 amide bonds. The number of hydrogen-bond acceptors (Lipinski definition) is 4. The lowest BCUT2D eigenvalue weighted by Crippen LogP contribution is -2.48. The largest absolute Gasteiger partial charge is 0.468 e. The van der Waals surface area contributed by atoms with Gasteiger partial charge in [-0.1, -0.05) is 23.8 Å². The number of benzene rings is 1. The van der Waals surface area contributed by atoms with Crippen LogP contribution in [0.1, 0.15) is 28.8 Å². The first-order chi connectivity index (χ1) is 9.10. The quantitative estimate of drug-likeness (QED) is 0.511. The number of carbonyl (C=O) groups excluding carboxylic acids is 2. The molecule has 2 rings (SSSR count). The Kier molecular flexibility index (Phi) is 4.00. The van der Waals surface area contributed by atoms with Crippen molar-refractivity contribution in [2.45, 2.75) is 19.8 Å². The van der Waals surface area contributed by atoms with Crippen LogP contribution in [-0.2, 0) is 9.53 Å². The fourth-order valence-electron chi connectivity index (χ4n) is 2.64. The zero-order chi connectivity index (χ0) is 13.9. The van der Waals surface area contributed by atoms with Crippen molar-refractivity contribution in [2.24, 2.45) is 5.41 Å². The lowest BCUT2D eigenvalue weighted by Gasteiger charge is -2.33. The van der Waals surface area contributed by atoms with Crippen LogP contribution in [0.5, 0.6) is 0 Å². The molecule has 0 atom stereocenters. The molecule has 1 fully saturated rings.